The first-order chi connectivity index (χ1) is 9.69. The van der Waals surface area contributed by atoms with Crippen LogP contribution in [0.5, 0.6) is 0 Å². The smallest absolute Gasteiger partial charge is 0.0731 e. The van der Waals surface area contributed by atoms with Crippen LogP contribution in [0.25, 0.3) is 6.08 Å². The third-order valence-corrected chi connectivity index (χ3v) is 5.38. The lowest BCUT2D eigenvalue weighted by Gasteiger charge is -2.31. The Bertz CT molecular complexity index is 484. The molecule has 1 saturated heterocycles. The molecular weight excluding hydrogens is 244 g/mol. The lowest BCUT2D eigenvalue weighted by atomic mass is 9.91. The summed E-state index contributed by atoms with van der Waals surface area (Å²) in [6.07, 6.45) is 10.7. The fourth-order valence-electron chi connectivity index (χ4n) is 3.95. The lowest BCUT2D eigenvalue weighted by molar-refractivity contribution is -0.103. The van der Waals surface area contributed by atoms with Gasteiger partial charge in [0.25, 0.3) is 0 Å². The van der Waals surface area contributed by atoms with Gasteiger partial charge in [0, 0.05) is 0 Å². The van der Waals surface area contributed by atoms with Crippen molar-refractivity contribution in [1.29, 1.82) is 0 Å². The summed E-state index contributed by atoms with van der Waals surface area (Å²) in [5.41, 5.74) is 3.23. The number of hydrogen-bond acceptors (Lipinski definition) is 1. The van der Waals surface area contributed by atoms with Gasteiger partial charge in [-0.25, -0.2) is 0 Å². The predicted molar refractivity (Wildman–Crippen MR) is 84.6 cm³/mol. The normalized spacial score (nSPS) is 30.4. The molecule has 1 saturated carbocycles. The predicted octanol–water partition coefficient (Wildman–Crippen LogP) is 5.36. The topological polar surface area (TPSA) is 9.23 Å². The third-order valence-electron chi connectivity index (χ3n) is 5.38. The highest BCUT2D eigenvalue weighted by atomic mass is 16.5. The van der Waals surface area contributed by atoms with Gasteiger partial charge in [-0.3, -0.25) is 0 Å². The molecule has 1 aromatic rings. The van der Waals surface area contributed by atoms with E-state index in [1.54, 1.807) is 5.57 Å². The Kier molecular flexibility index (Phi) is 3.72. The average Bonchev–Trinajstić information content (AvgIpc) is 3.05. The Balaban J connectivity index is 1.73. The van der Waals surface area contributed by atoms with Crippen LogP contribution in [0.4, 0.5) is 0 Å². The van der Waals surface area contributed by atoms with E-state index in [2.05, 4.69) is 50.3 Å². The maximum absolute atomic E-state index is 6.62. The monoisotopic (exact) mass is 270 g/mol. The molecule has 0 N–H and O–H groups in total. The standard InChI is InChI=1S/C19H26O/c1-3-18(4-2)12-13-19(20-18)11-10-17(15-19)14-16-8-6-5-7-9-16/h5-9,14H,3-4,10-13,15H2,1-2H3/t19-/m0/s1. The van der Waals surface area contributed by atoms with Crippen molar-refractivity contribution in [2.24, 2.45) is 0 Å². The number of hydrogen-bond donors (Lipinski definition) is 0. The van der Waals surface area contributed by atoms with E-state index in [0.29, 0.717) is 0 Å². The van der Waals surface area contributed by atoms with Gasteiger partial charge in [0.15, 0.2) is 0 Å². The number of benzene rings is 1. The fraction of sp³-hybridized carbons (Fsp3) is 0.579. The molecule has 3 rings (SSSR count). The van der Waals surface area contributed by atoms with Gasteiger partial charge < -0.3 is 4.74 Å². The molecule has 0 aromatic heterocycles. The molecule has 1 aliphatic heterocycles. The second kappa shape index (κ2) is 5.37. The molecule has 0 bridgehead atoms. The highest BCUT2D eigenvalue weighted by molar-refractivity contribution is 5.53. The van der Waals surface area contributed by atoms with Crippen molar-refractivity contribution >= 4 is 6.08 Å². The van der Waals surface area contributed by atoms with E-state index in [-0.39, 0.29) is 11.2 Å². The molecule has 0 amide bonds. The molecule has 1 heterocycles. The van der Waals surface area contributed by atoms with Crippen molar-refractivity contribution in [3.05, 3.63) is 41.5 Å². The molecule has 0 radical (unpaired) electrons. The van der Waals surface area contributed by atoms with E-state index < -0.39 is 0 Å². The summed E-state index contributed by atoms with van der Waals surface area (Å²) >= 11 is 0. The first-order valence-corrected chi connectivity index (χ1v) is 8.14. The second-order valence-electron chi connectivity index (χ2n) is 6.57. The average molecular weight is 270 g/mol. The van der Waals surface area contributed by atoms with Gasteiger partial charge >= 0.3 is 0 Å². The quantitative estimate of drug-likeness (QED) is 0.718. The minimum atomic E-state index is 0.159. The maximum atomic E-state index is 6.62. The van der Waals surface area contributed by atoms with E-state index in [9.17, 15) is 0 Å². The summed E-state index contributed by atoms with van der Waals surface area (Å²) in [5, 5.41) is 0. The Labute approximate surface area is 123 Å². The molecule has 1 nitrogen and oxygen atoms in total. The van der Waals surface area contributed by atoms with Crippen molar-refractivity contribution in [2.75, 3.05) is 0 Å². The van der Waals surface area contributed by atoms with E-state index in [0.717, 1.165) is 19.3 Å². The molecule has 108 valence electrons. The molecule has 1 atom stereocenters. The minimum absolute atomic E-state index is 0.159. The van der Waals surface area contributed by atoms with Gasteiger partial charge in [-0.1, -0.05) is 55.8 Å². The molecule has 2 fully saturated rings. The van der Waals surface area contributed by atoms with Crippen LogP contribution < -0.4 is 0 Å². The van der Waals surface area contributed by atoms with Gasteiger partial charge in [-0.15, -0.1) is 0 Å². The zero-order chi connectivity index (χ0) is 14.1. The molecule has 1 aromatic carbocycles. The zero-order valence-electron chi connectivity index (χ0n) is 12.8. The molecule has 1 spiro atoms. The van der Waals surface area contributed by atoms with Crippen LogP contribution >= 0.6 is 0 Å². The Morgan fingerprint density at radius 3 is 2.45 bits per heavy atom. The van der Waals surface area contributed by atoms with Crippen molar-refractivity contribution in [3.8, 4) is 0 Å². The fourth-order valence-corrected chi connectivity index (χ4v) is 3.95. The molecule has 0 unspecified atom stereocenters. The first kappa shape index (κ1) is 13.9. The molecular formula is C19H26O. The summed E-state index contributed by atoms with van der Waals surface area (Å²) in [7, 11) is 0. The first-order valence-electron chi connectivity index (χ1n) is 8.14. The second-order valence-corrected chi connectivity index (χ2v) is 6.57. The number of rotatable bonds is 3. The molecule has 20 heavy (non-hydrogen) atoms. The summed E-state index contributed by atoms with van der Waals surface area (Å²) in [5.74, 6) is 0. The SMILES string of the molecule is CCC1(CC)CC[C@]2(CCC(=Cc3ccccc3)C2)O1. The minimum Gasteiger partial charge on any atom is -0.368 e. The maximum Gasteiger partial charge on any atom is 0.0731 e. The van der Waals surface area contributed by atoms with Gasteiger partial charge in [-0.05, 0) is 50.5 Å². The Morgan fingerprint density at radius 1 is 1.05 bits per heavy atom. The zero-order valence-corrected chi connectivity index (χ0v) is 12.8. The highest BCUT2D eigenvalue weighted by Crippen LogP contribution is 2.51. The van der Waals surface area contributed by atoms with Crippen LogP contribution in [-0.2, 0) is 4.74 Å². The van der Waals surface area contributed by atoms with Gasteiger partial charge in [0.1, 0.15) is 0 Å². The van der Waals surface area contributed by atoms with Crippen LogP contribution in [0.3, 0.4) is 0 Å². The van der Waals surface area contributed by atoms with Crippen LogP contribution in [0.2, 0.25) is 0 Å². The molecule has 1 heteroatoms. The largest absolute Gasteiger partial charge is 0.368 e. The van der Waals surface area contributed by atoms with E-state index >= 15 is 0 Å². The Morgan fingerprint density at radius 2 is 1.80 bits per heavy atom. The van der Waals surface area contributed by atoms with Gasteiger partial charge in [0.2, 0.25) is 0 Å². The van der Waals surface area contributed by atoms with Crippen LogP contribution in [0, 0.1) is 0 Å². The van der Waals surface area contributed by atoms with Crippen LogP contribution in [0.15, 0.2) is 35.9 Å². The summed E-state index contributed by atoms with van der Waals surface area (Å²) in [6.45, 7) is 4.55. The lowest BCUT2D eigenvalue weighted by Crippen LogP contribution is -2.32. The third kappa shape index (κ3) is 2.56. The van der Waals surface area contributed by atoms with Crippen molar-refractivity contribution in [1.82, 2.24) is 0 Å². The summed E-state index contributed by atoms with van der Waals surface area (Å²) < 4.78 is 6.62. The van der Waals surface area contributed by atoms with Crippen molar-refractivity contribution in [2.45, 2.75) is 70.0 Å². The van der Waals surface area contributed by atoms with Crippen molar-refractivity contribution in [3.63, 3.8) is 0 Å². The van der Waals surface area contributed by atoms with Gasteiger partial charge in [-0.2, -0.15) is 0 Å². The van der Waals surface area contributed by atoms with Crippen molar-refractivity contribution < 1.29 is 4.74 Å². The summed E-state index contributed by atoms with van der Waals surface area (Å²) in [6, 6.07) is 10.7. The number of ether oxygens (including phenoxy) is 1. The molecule has 2 aliphatic rings. The van der Waals surface area contributed by atoms with E-state index in [1.807, 2.05) is 0 Å². The highest BCUT2D eigenvalue weighted by Gasteiger charge is 2.49. The Hall–Kier alpha value is -1.08. The van der Waals surface area contributed by atoms with E-state index in [4.69, 9.17) is 4.74 Å². The van der Waals surface area contributed by atoms with E-state index in [1.165, 1.54) is 31.2 Å². The van der Waals surface area contributed by atoms with Crippen LogP contribution in [0.1, 0.15) is 64.4 Å². The van der Waals surface area contributed by atoms with Gasteiger partial charge in [0.05, 0.1) is 11.2 Å². The molecule has 1 aliphatic carbocycles. The van der Waals surface area contributed by atoms with Crippen LogP contribution in [-0.4, -0.2) is 11.2 Å². The summed E-state index contributed by atoms with van der Waals surface area (Å²) in [4.78, 5) is 0.